The summed E-state index contributed by atoms with van der Waals surface area (Å²) in [5.41, 5.74) is 1.90. The first-order valence-electron chi connectivity index (χ1n) is 9.75. The molecule has 1 atom stereocenters. The van der Waals surface area contributed by atoms with Gasteiger partial charge in [-0.25, -0.2) is 0 Å². The zero-order valence-corrected chi connectivity index (χ0v) is 18.1. The number of hydrogen-bond acceptors (Lipinski definition) is 7. The molecule has 166 valence electrons. The van der Waals surface area contributed by atoms with Crippen LogP contribution in [0.15, 0.2) is 68.9 Å². The van der Waals surface area contributed by atoms with Gasteiger partial charge in [0.05, 0.1) is 19.0 Å². The van der Waals surface area contributed by atoms with E-state index in [2.05, 4.69) is 15.5 Å². The van der Waals surface area contributed by atoms with E-state index in [1.807, 2.05) is 43.3 Å². The van der Waals surface area contributed by atoms with Crippen molar-refractivity contribution in [1.82, 2.24) is 10.2 Å². The molecule has 9 nitrogen and oxygen atoms in total. The van der Waals surface area contributed by atoms with Gasteiger partial charge in [0, 0.05) is 6.42 Å². The first-order chi connectivity index (χ1) is 15.4. The van der Waals surface area contributed by atoms with Crippen LogP contribution in [0.2, 0.25) is 0 Å². The predicted molar refractivity (Wildman–Crippen MR) is 122 cm³/mol. The number of furan rings is 1. The number of nitrogens with zero attached hydrogens (tertiary/aromatic N) is 3. The minimum Gasteiger partial charge on any atom is -0.480 e. The average Bonchev–Trinajstić information content (AvgIpc) is 3.37. The number of amides is 2. The lowest BCUT2D eigenvalue weighted by molar-refractivity contribution is -0.138. The molecule has 1 saturated heterocycles. The van der Waals surface area contributed by atoms with E-state index >= 15 is 0 Å². The van der Waals surface area contributed by atoms with Crippen LogP contribution in [-0.2, 0) is 20.9 Å². The number of carbonyl (C=O) groups excluding carboxylic acids is 2. The second kappa shape index (κ2) is 11.1. The van der Waals surface area contributed by atoms with Crippen LogP contribution in [0.1, 0.15) is 24.7 Å². The molecule has 2 amide bonds. The number of carbonyl (C=O) groups is 3. The molecule has 2 aromatic rings. The van der Waals surface area contributed by atoms with Crippen molar-refractivity contribution in [2.45, 2.75) is 25.1 Å². The van der Waals surface area contributed by atoms with Gasteiger partial charge in [-0.3, -0.25) is 19.3 Å². The maximum absolute atomic E-state index is 12.9. The summed E-state index contributed by atoms with van der Waals surface area (Å²) in [5.74, 6) is -1.43. The SMILES string of the molecule is CC(=C/c1ccccc1)/C=N/N=C1/SC(CC(=O)NCC(=O)O)C(=O)N1Cc1ccco1. The highest BCUT2D eigenvalue weighted by Crippen LogP contribution is 2.31. The molecule has 1 aromatic carbocycles. The molecule has 0 spiro atoms. The van der Waals surface area contributed by atoms with Crippen LogP contribution >= 0.6 is 11.8 Å². The van der Waals surface area contributed by atoms with Crippen LogP contribution in [-0.4, -0.2) is 51.0 Å². The standard InChI is InChI=1S/C22H22N4O5S/c1-15(10-16-6-3-2-4-7-16)12-24-25-22-26(14-17-8-5-9-31-17)21(30)18(32-22)11-19(27)23-13-20(28)29/h2-10,12,18H,11,13-14H2,1H3,(H,23,27)(H,28,29)/b15-10-,24-12+,25-22+. The molecule has 3 rings (SSSR count). The largest absolute Gasteiger partial charge is 0.480 e. The molecule has 1 aliphatic rings. The van der Waals surface area contributed by atoms with Crippen LogP contribution < -0.4 is 5.32 Å². The van der Waals surface area contributed by atoms with Gasteiger partial charge in [0.2, 0.25) is 11.8 Å². The summed E-state index contributed by atoms with van der Waals surface area (Å²) in [6.07, 6.45) is 4.88. The highest BCUT2D eigenvalue weighted by Gasteiger charge is 2.39. The summed E-state index contributed by atoms with van der Waals surface area (Å²) in [6, 6.07) is 13.2. The topological polar surface area (TPSA) is 125 Å². The van der Waals surface area contributed by atoms with Crippen LogP contribution in [0.3, 0.4) is 0 Å². The molecule has 2 heterocycles. The fourth-order valence-corrected chi connectivity index (χ4v) is 3.95. The van der Waals surface area contributed by atoms with Gasteiger partial charge >= 0.3 is 5.97 Å². The molecule has 0 saturated carbocycles. The van der Waals surface area contributed by atoms with E-state index in [-0.39, 0.29) is 18.9 Å². The van der Waals surface area contributed by atoms with Crippen molar-refractivity contribution in [2.24, 2.45) is 10.2 Å². The molecular weight excluding hydrogens is 432 g/mol. The Kier molecular flexibility index (Phi) is 7.98. The van der Waals surface area contributed by atoms with Gasteiger partial charge in [-0.1, -0.05) is 48.2 Å². The zero-order valence-electron chi connectivity index (χ0n) is 17.3. The fraction of sp³-hybridized carbons (Fsp3) is 0.227. The van der Waals surface area contributed by atoms with Crippen LogP contribution in [0.5, 0.6) is 0 Å². The number of carboxylic acids is 1. The molecule has 10 heteroatoms. The molecule has 1 unspecified atom stereocenters. The predicted octanol–water partition coefficient (Wildman–Crippen LogP) is 2.76. The summed E-state index contributed by atoms with van der Waals surface area (Å²) < 4.78 is 5.33. The normalized spacial score (nSPS) is 18.0. The molecule has 1 fully saturated rings. The Bertz CT molecular complexity index is 1050. The van der Waals surface area contributed by atoms with Crippen molar-refractivity contribution in [3.05, 3.63) is 65.6 Å². The summed E-state index contributed by atoms with van der Waals surface area (Å²) in [5, 5.41) is 18.9. The maximum Gasteiger partial charge on any atom is 0.322 e. The molecule has 0 aliphatic carbocycles. The van der Waals surface area contributed by atoms with Gasteiger partial charge in [-0.05, 0) is 30.2 Å². The smallest absolute Gasteiger partial charge is 0.322 e. The van der Waals surface area contributed by atoms with Crippen LogP contribution in [0.4, 0.5) is 0 Å². The van der Waals surface area contributed by atoms with Crippen molar-refractivity contribution in [3.8, 4) is 0 Å². The Morgan fingerprint density at radius 3 is 2.72 bits per heavy atom. The lowest BCUT2D eigenvalue weighted by Gasteiger charge is -2.14. The molecular formula is C22H22N4O5S. The van der Waals surface area contributed by atoms with Crippen molar-refractivity contribution >= 4 is 47.0 Å². The minimum absolute atomic E-state index is 0.152. The van der Waals surface area contributed by atoms with Gasteiger partial charge in [0.15, 0.2) is 5.17 Å². The summed E-state index contributed by atoms with van der Waals surface area (Å²) >= 11 is 1.11. The Hall–Kier alpha value is -3.66. The first-order valence-corrected chi connectivity index (χ1v) is 10.6. The lowest BCUT2D eigenvalue weighted by atomic mass is 10.1. The van der Waals surface area contributed by atoms with Gasteiger partial charge in [-0.2, -0.15) is 5.10 Å². The number of carboxylic acid groups (broad SMARTS) is 1. The summed E-state index contributed by atoms with van der Waals surface area (Å²) in [4.78, 5) is 36.9. The average molecular weight is 455 g/mol. The summed E-state index contributed by atoms with van der Waals surface area (Å²) in [7, 11) is 0. The number of hydrogen-bond donors (Lipinski definition) is 2. The molecule has 1 aliphatic heterocycles. The highest BCUT2D eigenvalue weighted by molar-refractivity contribution is 8.15. The number of thioether (sulfide) groups is 1. The van der Waals surface area contributed by atoms with Crippen molar-refractivity contribution in [1.29, 1.82) is 0 Å². The Morgan fingerprint density at radius 2 is 2.03 bits per heavy atom. The molecule has 0 bridgehead atoms. The fourth-order valence-electron chi connectivity index (χ4n) is 2.85. The molecule has 2 N–H and O–H groups in total. The number of amidine groups is 1. The number of rotatable bonds is 9. The van der Waals surface area contributed by atoms with E-state index < -0.39 is 23.7 Å². The zero-order chi connectivity index (χ0) is 22.9. The van der Waals surface area contributed by atoms with Gasteiger partial charge in [0.25, 0.3) is 0 Å². The van der Waals surface area contributed by atoms with Crippen LogP contribution in [0.25, 0.3) is 6.08 Å². The van der Waals surface area contributed by atoms with E-state index in [0.29, 0.717) is 10.9 Å². The Balaban J connectivity index is 1.73. The Labute approximate surface area is 188 Å². The first kappa shape index (κ1) is 23.0. The Morgan fingerprint density at radius 1 is 1.25 bits per heavy atom. The lowest BCUT2D eigenvalue weighted by Crippen LogP contribution is -2.35. The van der Waals surface area contributed by atoms with Crippen LogP contribution in [0, 0.1) is 0 Å². The highest BCUT2D eigenvalue weighted by atomic mass is 32.2. The number of allylic oxidation sites excluding steroid dienone is 1. The van der Waals surface area contributed by atoms with E-state index in [4.69, 9.17) is 9.52 Å². The third-order valence-corrected chi connectivity index (χ3v) is 5.49. The minimum atomic E-state index is -1.15. The number of nitrogens with one attached hydrogen (secondary N) is 1. The van der Waals surface area contributed by atoms with Crippen molar-refractivity contribution in [2.75, 3.05) is 6.54 Å². The van der Waals surface area contributed by atoms with Gasteiger partial charge in [-0.15, -0.1) is 5.10 Å². The quantitative estimate of drug-likeness (QED) is 0.443. The molecule has 0 radical (unpaired) electrons. The van der Waals surface area contributed by atoms with E-state index in [9.17, 15) is 14.4 Å². The van der Waals surface area contributed by atoms with Gasteiger partial charge < -0.3 is 14.8 Å². The van der Waals surface area contributed by atoms with Crippen molar-refractivity contribution in [3.63, 3.8) is 0 Å². The van der Waals surface area contributed by atoms with E-state index in [0.717, 1.165) is 22.9 Å². The second-order valence-electron chi connectivity index (χ2n) is 6.91. The van der Waals surface area contributed by atoms with Gasteiger partial charge in [0.1, 0.15) is 17.6 Å². The monoisotopic (exact) mass is 454 g/mol. The number of benzene rings is 1. The van der Waals surface area contributed by atoms with Crippen molar-refractivity contribution < 1.29 is 23.9 Å². The molecule has 32 heavy (non-hydrogen) atoms. The second-order valence-corrected chi connectivity index (χ2v) is 8.08. The van der Waals surface area contributed by atoms with E-state index in [1.54, 1.807) is 18.3 Å². The summed E-state index contributed by atoms with van der Waals surface area (Å²) in [6.45, 7) is 1.54. The van der Waals surface area contributed by atoms with E-state index in [1.165, 1.54) is 11.2 Å². The maximum atomic E-state index is 12.9. The third kappa shape index (κ3) is 6.67. The number of aliphatic carboxylic acids is 1. The third-order valence-electron chi connectivity index (χ3n) is 4.32. The molecule has 1 aromatic heterocycles.